The standard InChI is InChI=1S/C11H10Br2N4/c1-7-14-3-2-9(17-7)6-16-11-10(13)4-8(12)5-15-11/h2-5H,6H2,1H3,(H,15,16). The van der Waals surface area contributed by atoms with E-state index in [1.165, 1.54) is 0 Å². The largest absolute Gasteiger partial charge is 0.363 e. The van der Waals surface area contributed by atoms with Crippen molar-refractivity contribution in [1.82, 2.24) is 15.0 Å². The molecule has 17 heavy (non-hydrogen) atoms. The SMILES string of the molecule is Cc1nccc(CNc2ncc(Br)cc2Br)n1. The van der Waals surface area contributed by atoms with Crippen molar-refractivity contribution < 1.29 is 0 Å². The minimum Gasteiger partial charge on any atom is -0.363 e. The van der Waals surface area contributed by atoms with Gasteiger partial charge in [0.25, 0.3) is 0 Å². The second-order valence-corrected chi connectivity index (χ2v) is 5.20. The molecule has 2 aromatic heterocycles. The molecule has 0 saturated carbocycles. The van der Waals surface area contributed by atoms with Crippen LogP contribution in [0.1, 0.15) is 11.5 Å². The maximum absolute atomic E-state index is 4.31. The fourth-order valence-corrected chi connectivity index (χ4v) is 2.45. The summed E-state index contributed by atoms with van der Waals surface area (Å²) in [5.74, 6) is 1.57. The number of rotatable bonds is 3. The monoisotopic (exact) mass is 356 g/mol. The van der Waals surface area contributed by atoms with Crippen LogP contribution in [-0.2, 0) is 6.54 Å². The average molecular weight is 358 g/mol. The van der Waals surface area contributed by atoms with E-state index in [4.69, 9.17) is 0 Å². The van der Waals surface area contributed by atoms with Crippen LogP contribution in [0.4, 0.5) is 5.82 Å². The highest BCUT2D eigenvalue weighted by atomic mass is 79.9. The number of halogens is 2. The molecule has 0 fully saturated rings. The molecule has 4 nitrogen and oxygen atoms in total. The topological polar surface area (TPSA) is 50.7 Å². The van der Waals surface area contributed by atoms with E-state index in [0.717, 1.165) is 26.3 Å². The number of hydrogen-bond acceptors (Lipinski definition) is 4. The van der Waals surface area contributed by atoms with E-state index in [2.05, 4.69) is 52.1 Å². The van der Waals surface area contributed by atoms with E-state index in [0.29, 0.717) is 6.54 Å². The number of aryl methyl sites for hydroxylation is 1. The number of nitrogens with zero attached hydrogens (tertiary/aromatic N) is 3. The van der Waals surface area contributed by atoms with Crippen molar-refractivity contribution in [2.45, 2.75) is 13.5 Å². The molecule has 2 rings (SSSR count). The molecule has 0 aromatic carbocycles. The summed E-state index contributed by atoms with van der Waals surface area (Å²) < 4.78 is 1.85. The van der Waals surface area contributed by atoms with Crippen LogP contribution in [0.2, 0.25) is 0 Å². The van der Waals surface area contributed by atoms with Gasteiger partial charge >= 0.3 is 0 Å². The van der Waals surface area contributed by atoms with Gasteiger partial charge in [-0.15, -0.1) is 0 Å². The van der Waals surface area contributed by atoms with Gasteiger partial charge < -0.3 is 5.32 Å². The summed E-state index contributed by atoms with van der Waals surface area (Å²) in [5, 5.41) is 3.21. The normalized spacial score (nSPS) is 10.3. The summed E-state index contributed by atoms with van der Waals surface area (Å²) >= 11 is 6.81. The van der Waals surface area contributed by atoms with Gasteiger partial charge in [-0.1, -0.05) is 0 Å². The molecular formula is C11H10Br2N4. The maximum Gasteiger partial charge on any atom is 0.140 e. The van der Waals surface area contributed by atoms with Crippen LogP contribution < -0.4 is 5.32 Å². The summed E-state index contributed by atoms with van der Waals surface area (Å²) in [5.41, 5.74) is 0.939. The third-order valence-electron chi connectivity index (χ3n) is 2.08. The van der Waals surface area contributed by atoms with Crippen molar-refractivity contribution in [2.24, 2.45) is 0 Å². The van der Waals surface area contributed by atoms with Crippen molar-refractivity contribution in [3.05, 3.63) is 45.0 Å². The van der Waals surface area contributed by atoms with Gasteiger partial charge in [0, 0.05) is 16.9 Å². The summed E-state index contributed by atoms with van der Waals surface area (Å²) in [6.07, 6.45) is 3.50. The van der Waals surface area contributed by atoms with Gasteiger partial charge in [-0.25, -0.2) is 15.0 Å². The summed E-state index contributed by atoms with van der Waals surface area (Å²) in [4.78, 5) is 12.6. The molecule has 88 valence electrons. The van der Waals surface area contributed by atoms with Crippen LogP contribution in [0, 0.1) is 6.92 Å². The number of hydrogen-bond donors (Lipinski definition) is 1. The lowest BCUT2D eigenvalue weighted by Crippen LogP contribution is -2.05. The second-order valence-electron chi connectivity index (χ2n) is 3.43. The third-order valence-corrected chi connectivity index (χ3v) is 3.12. The van der Waals surface area contributed by atoms with Gasteiger partial charge in [0.2, 0.25) is 0 Å². The van der Waals surface area contributed by atoms with E-state index in [1.807, 2.05) is 19.1 Å². The molecule has 0 bridgehead atoms. The van der Waals surface area contributed by atoms with Gasteiger partial charge in [0.1, 0.15) is 11.6 Å². The van der Waals surface area contributed by atoms with Crippen LogP contribution in [0.15, 0.2) is 33.5 Å². The smallest absolute Gasteiger partial charge is 0.140 e. The van der Waals surface area contributed by atoms with Gasteiger partial charge in [-0.05, 0) is 50.9 Å². The average Bonchev–Trinajstić information content (AvgIpc) is 2.28. The molecule has 2 heterocycles. The molecule has 0 aliphatic carbocycles. The second kappa shape index (κ2) is 5.55. The first-order chi connectivity index (χ1) is 8.15. The van der Waals surface area contributed by atoms with Gasteiger partial charge in [0.15, 0.2) is 0 Å². The predicted molar refractivity (Wildman–Crippen MR) is 73.7 cm³/mol. The Kier molecular flexibility index (Phi) is 4.06. The zero-order chi connectivity index (χ0) is 12.3. The predicted octanol–water partition coefficient (Wildman–Crippen LogP) is 3.32. The van der Waals surface area contributed by atoms with Crippen molar-refractivity contribution in [3.63, 3.8) is 0 Å². The van der Waals surface area contributed by atoms with E-state index >= 15 is 0 Å². The highest BCUT2D eigenvalue weighted by Gasteiger charge is 2.02. The Hall–Kier alpha value is -1.01. The highest BCUT2D eigenvalue weighted by molar-refractivity contribution is 9.11. The minimum atomic E-state index is 0.622. The summed E-state index contributed by atoms with van der Waals surface area (Å²) in [6, 6.07) is 3.83. The molecule has 0 amide bonds. The number of nitrogens with one attached hydrogen (secondary N) is 1. The van der Waals surface area contributed by atoms with Crippen LogP contribution in [0.5, 0.6) is 0 Å². The Morgan fingerprint density at radius 2 is 2.12 bits per heavy atom. The van der Waals surface area contributed by atoms with Gasteiger partial charge in [-0.3, -0.25) is 0 Å². The molecule has 6 heteroatoms. The van der Waals surface area contributed by atoms with Crippen LogP contribution in [-0.4, -0.2) is 15.0 Å². The molecule has 0 aliphatic rings. The Balaban J connectivity index is 2.07. The fourth-order valence-electron chi connectivity index (χ4n) is 1.32. The van der Waals surface area contributed by atoms with Crippen LogP contribution in [0.3, 0.4) is 0 Å². The Morgan fingerprint density at radius 1 is 1.29 bits per heavy atom. The van der Waals surface area contributed by atoms with Gasteiger partial charge in [0.05, 0.1) is 16.7 Å². The molecular weight excluding hydrogens is 348 g/mol. The zero-order valence-electron chi connectivity index (χ0n) is 9.11. The lowest BCUT2D eigenvalue weighted by atomic mass is 10.4. The number of pyridine rings is 1. The van der Waals surface area contributed by atoms with Crippen LogP contribution in [0.25, 0.3) is 0 Å². The fraction of sp³-hybridized carbons (Fsp3) is 0.182. The molecule has 2 aromatic rings. The molecule has 0 atom stereocenters. The molecule has 0 spiro atoms. The first-order valence-corrected chi connectivity index (χ1v) is 6.57. The van der Waals surface area contributed by atoms with Crippen LogP contribution >= 0.6 is 31.9 Å². The van der Waals surface area contributed by atoms with Gasteiger partial charge in [-0.2, -0.15) is 0 Å². The summed E-state index contributed by atoms with van der Waals surface area (Å²) in [6.45, 7) is 2.49. The quantitative estimate of drug-likeness (QED) is 0.915. The van der Waals surface area contributed by atoms with Crippen molar-refractivity contribution in [1.29, 1.82) is 0 Å². The lowest BCUT2D eigenvalue weighted by molar-refractivity contribution is 0.949. The Labute approximate surface area is 116 Å². The first-order valence-electron chi connectivity index (χ1n) is 4.98. The number of anilines is 1. The minimum absolute atomic E-state index is 0.622. The lowest BCUT2D eigenvalue weighted by Gasteiger charge is -2.07. The molecule has 0 aliphatic heterocycles. The van der Waals surface area contributed by atoms with E-state index in [1.54, 1.807) is 12.4 Å². The number of aromatic nitrogens is 3. The molecule has 1 N–H and O–H groups in total. The molecule has 0 unspecified atom stereocenters. The van der Waals surface area contributed by atoms with E-state index in [-0.39, 0.29) is 0 Å². The highest BCUT2D eigenvalue weighted by Crippen LogP contribution is 2.23. The zero-order valence-corrected chi connectivity index (χ0v) is 12.3. The molecule has 0 saturated heterocycles. The van der Waals surface area contributed by atoms with Crippen molar-refractivity contribution in [2.75, 3.05) is 5.32 Å². The van der Waals surface area contributed by atoms with Crippen molar-refractivity contribution in [3.8, 4) is 0 Å². The van der Waals surface area contributed by atoms with Crippen molar-refractivity contribution >= 4 is 37.7 Å². The summed E-state index contributed by atoms with van der Waals surface area (Å²) in [7, 11) is 0. The Morgan fingerprint density at radius 3 is 2.82 bits per heavy atom. The molecule has 0 radical (unpaired) electrons. The first kappa shape index (κ1) is 12.4. The van der Waals surface area contributed by atoms with E-state index in [9.17, 15) is 0 Å². The third kappa shape index (κ3) is 3.47. The van der Waals surface area contributed by atoms with E-state index < -0.39 is 0 Å². The maximum atomic E-state index is 4.31. The Bertz CT molecular complexity index is 531.